The fraction of sp³-hybridized carbons (Fsp3) is 0.625. The van der Waals surface area contributed by atoms with Crippen molar-refractivity contribution < 1.29 is 9.53 Å². The molecule has 4 nitrogen and oxygen atoms in total. The lowest BCUT2D eigenvalue weighted by Gasteiger charge is -2.21. The molecule has 0 aromatic heterocycles. The van der Waals surface area contributed by atoms with Crippen LogP contribution in [0.1, 0.15) is 13.8 Å². The van der Waals surface area contributed by atoms with Crippen molar-refractivity contribution in [1.82, 2.24) is 10.2 Å². The Kier molecular flexibility index (Phi) is 1.58. The van der Waals surface area contributed by atoms with Crippen LogP contribution in [0.5, 0.6) is 0 Å². The summed E-state index contributed by atoms with van der Waals surface area (Å²) in [6.45, 7) is 4.14. The molecular weight excluding hydrogens is 156 g/mol. The minimum absolute atomic E-state index is 0.0488. The Morgan fingerprint density at radius 1 is 1.67 bits per heavy atom. The lowest BCUT2D eigenvalue weighted by molar-refractivity contribution is -0.117. The zero-order chi connectivity index (χ0) is 8.72. The lowest BCUT2D eigenvalue weighted by Crippen LogP contribution is -2.31. The van der Waals surface area contributed by atoms with Crippen molar-refractivity contribution in [2.24, 2.45) is 0 Å². The molecule has 66 valence electrons. The van der Waals surface area contributed by atoms with Crippen LogP contribution in [0.2, 0.25) is 0 Å². The Balaban J connectivity index is 2.14. The van der Waals surface area contributed by atoms with Crippen LogP contribution in [-0.4, -0.2) is 29.3 Å². The van der Waals surface area contributed by atoms with E-state index in [4.69, 9.17) is 4.74 Å². The number of hydrogen-bond donors (Lipinski definition) is 1. The third-order valence-electron chi connectivity index (χ3n) is 2.04. The largest absolute Gasteiger partial charge is 0.346 e. The number of epoxide rings is 1. The highest BCUT2D eigenvalue weighted by atomic mass is 16.6. The summed E-state index contributed by atoms with van der Waals surface area (Å²) >= 11 is 0. The lowest BCUT2D eigenvalue weighted by atomic mass is 10.3. The average Bonchev–Trinajstić information content (AvgIpc) is 2.65. The van der Waals surface area contributed by atoms with Crippen LogP contribution in [0, 0.1) is 0 Å². The summed E-state index contributed by atoms with van der Waals surface area (Å²) in [5.41, 5.74) is 0. The topological polar surface area (TPSA) is 44.9 Å². The third-order valence-corrected chi connectivity index (χ3v) is 2.04. The van der Waals surface area contributed by atoms with Crippen LogP contribution in [-0.2, 0) is 9.53 Å². The minimum atomic E-state index is -0.102. The van der Waals surface area contributed by atoms with Gasteiger partial charge in [-0.1, -0.05) is 0 Å². The molecule has 2 rings (SSSR count). The molecule has 0 aromatic carbocycles. The quantitative estimate of drug-likeness (QED) is 0.561. The maximum atomic E-state index is 11.0. The number of nitrogens with zero attached hydrogens (tertiary/aromatic N) is 1. The molecule has 1 N–H and O–H groups in total. The Morgan fingerprint density at radius 2 is 2.42 bits per heavy atom. The van der Waals surface area contributed by atoms with Gasteiger partial charge in [0.1, 0.15) is 0 Å². The second kappa shape index (κ2) is 2.48. The van der Waals surface area contributed by atoms with Crippen molar-refractivity contribution in [2.75, 3.05) is 0 Å². The molecule has 4 heteroatoms. The maximum absolute atomic E-state index is 11.0. The summed E-state index contributed by atoms with van der Waals surface area (Å²) in [5, 5.41) is 2.71. The standard InChI is InChI=1S/C8H12N2O2/c1-5(2)10-4-3-6(11)9-7-8(10)12-7/h3-5,7-8H,1-2H3,(H,9,11). The molecule has 0 saturated carbocycles. The summed E-state index contributed by atoms with van der Waals surface area (Å²) in [6.07, 6.45) is 3.27. The van der Waals surface area contributed by atoms with E-state index in [1.54, 1.807) is 6.20 Å². The van der Waals surface area contributed by atoms with Crippen LogP contribution in [0.4, 0.5) is 0 Å². The molecule has 1 saturated heterocycles. The van der Waals surface area contributed by atoms with Gasteiger partial charge in [0.05, 0.1) is 0 Å². The second-order valence-corrected chi connectivity index (χ2v) is 3.31. The molecular formula is C8H12N2O2. The predicted octanol–water partition coefficient (Wildman–Crippen LogP) is 0.0227. The summed E-state index contributed by atoms with van der Waals surface area (Å²) in [7, 11) is 0. The van der Waals surface area contributed by atoms with Crippen molar-refractivity contribution in [3.63, 3.8) is 0 Å². The number of ether oxygens (including phenoxy) is 1. The van der Waals surface area contributed by atoms with Gasteiger partial charge in [0, 0.05) is 18.3 Å². The number of nitrogens with one attached hydrogen (secondary N) is 1. The van der Waals surface area contributed by atoms with Crippen LogP contribution in [0.15, 0.2) is 12.3 Å². The second-order valence-electron chi connectivity index (χ2n) is 3.31. The van der Waals surface area contributed by atoms with Crippen molar-refractivity contribution in [3.8, 4) is 0 Å². The molecule has 2 aliphatic heterocycles. The Morgan fingerprint density at radius 3 is 3.08 bits per heavy atom. The SMILES string of the molecule is CC(C)N1C=CC(=O)NC2OC21. The minimum Gasteiger partial charge on any atom is -0.346 e. The number of amides is 1. The summed E-state index contributed by atoms with van der Waals surface area (Å²) in [5.74, 6) is -0.0781. The molecule has 0 aromatic rings. The first kappa shape index (κ1) is 7.61. The predicted molar refractivity (Wildman–Crippen MR) is 42.9 cm³/mol. The van der Waals surface area contributed by atoms with E-state index in [-0.39, 0.29) is 18.4 Å². The van der Waals surface area contributed by atoms with Gasteiger partial charge in [-0.2, -0.15) is 0 Å². The highest BCUT2D eigenvalue weighted by Gasteiger charge is 2.45. The van der Waals surface area contributed by atoms with E-state index in [0.717, 1.165) is 0 Å². The zero-order valence-corrected chi connectivity index (χ0v) is 7.15. The molecule has 2 heterocycles. The van der Waals surface area contributed by atoms with E-state index >= 15 is 0 Å². The highest BCUT2D eigenvalue weighted by Crippen LogP contribution is 2.27. The van der Waals surface area contributed by atoms with Crippen LogP contribution in [0.25, 0.3) is 0 Å². The van der Waals surface area contributed by atoms with E-state index in [1.165, 1.54) is 6.08 Å². The maximum Gasteiger partial charge on any atom is 0.247 e. The zero-order valence-electron chi connectivity index (χ0n) is 7.15. The van der Waals surface area contributed by atoms with E-state index in [0.29, 0.717) is 6.04 Å². The van der Waals surface area contributed by atoms with Crippen molar-refractivity contribution >= 4 is 5.91 Å². The van der Waals surface area contributed by atoms with Gasteiger partial charge in [-0.05, 0) is 13.8 Å². The Labute approximate surface area is 71.2 Å². The van der Waals surface area contributed by atoms with Gasteiger partial charge < -0.3 is 15.0 Å². The Bertz CT molecular complexity index is 237. The highest BCUT2D eigenvalue weighted by molar-refractivity contribution is 5.88. The number of carbonyl (C=O) groups excluding carboxylic acids is 1. The van der Waals surface area contributed by atoms with E-state index in [1.807, 2.05) is 4.90 Å². The number of fused-ring (bicyclic) bond motifs is 1. The van der Waals surface area contributed by atoms with Gasteiger partial charge in [-0.3, -0.25) is 4.79 Å². The number of hydrogen-bond acceptors (Lipinski definition) is 3. The van der Waals surface area contributed by atoms with E-state index in [9.17, 15) is 4.79 Å². The fourth-order valence-electron chi connectivity index (χ4n) is 1.33. The van der Waals surface area contributed by atoms with Crippen molar-refractivity contribution in [1.29, 1.82) is 0 Å². The number of carbonyl (C=O) groups is 1. The van der Waals surface area contributed by atoms with Gasteiger partial charge in [0.15, 0.2) is 12.5 Å². The molecule has 2 aliphatic rings. The molecule has 0 aliphatic carbocycles. The molecule has 2 unspecified atom stereocenters. The van der Waals surface area contributed by atoms with Gasteiger partial charge in [0.25, 0.3) is 0 Å². The first-order valence-electron chi connectivity index (χ1n) is 4.10. The van der Waals surface area contributed by atoms with Gasteiger partial charge >= 0.3 is 0 Å². The molecule has 1 amide bonds. The monoisotopic (exact) mass is 168 g/mol. The first-order valence-corrected chi connectivity index (χ1v) is 4.10. The molecule has 0 bridgehead atoms. The summed E-state index contributed by atoms with van der Waals surface area (Å²) < 4.78 is 5.24. The molecule has 1 fully saturated rings. The van der Waals surface area contributed by atoms with Gasteiger partial charge in [-0.25, -0.2) is 0 Å². The summed E-state index contributed by atoms with van der Waals surface area (Å²) in [4.78, 5) is 13.0. The number of rotatable bonds is 1. The van der Waals surface area contributed by atoms with Gasteiger partial charge in [0.2, 0.25) is 5.91 Å². The van der Waals surface area contributed by atoms with E-state index in [2.05, 4.69) is 19.2 Å². The molecule has 0 spiro atoms. The fourth-order valence-corrected chi connectivity index (χ4v) is 1.33. The normalized spacial score (nSPS) is 32.9. The van der Waals surface area contributed by atoms with Crippen molar-refractivity contribution in [2.45, 2.75) is 32.3 Å². The van der Waals surface area contributed by atoms with Crippen LogP contribution in [0.3, 0.4) is 0 Å². The van der Waals surface area contributed by atoms with Crippen LogP contribution >= 0.6 is 0 Å². The Hall–Kier alpha value is -1.03. The van der Waals surface area contributed by atoms with Gasteiger partial charge in [-0.15, -0.1) is 0 Å². The van der Waals surface area contributed by atoms with Crippen molar-refractivity contribution in [3.05, 3.63) is 12.3 Å². The van der Waals surface area contributed by atoms with Crippen LogP contribution < -0.4 is 5.32 Å². The molecule has 12 heavy (non-hydrogen) atoms. The smallest absolute Gasteiger partial charge is 0.247 e. The average molecular weight is 168 g/mol. The first-order chi connectivity index (χ1) is 5.68. The molecule has 2 atom stereocenters. The van der Waals surface area contributed by atoms with E-state index < -0.39 is 0 Å². The summed E-state index contributed by atoms with van der Waals surface area (Å²) in [6, 6.07) is 0.365. The third kappa shape index (κ3) is 1.18. The molecule has 0 radical (unpaired) electrons.